The normalized spacial score (nSPS) is 30.7. The third-order valence-corrected chi connectivity index (χ3v) is 3.08. The summed E-state index contributed by atoms with van der Waals surface area (Å²) in [6.45, 7) is 5.30. The molecule has 0 aliphatic carbocycles. The fourth-order valence-corrected chi connectivity index (χ4v) is 2.27. The second-order valence-corrected chi connectivity index (χ2v) is 5.25. The molecule has 3 nitrogen and oxygen atoms in total. The Morgan fingerprint density at radius 2 is 2.11 bits per heavy atom. The van der Waals surface area contributed by atoms with Crippen LogP contribution in [0.3, 0.4) is 0 Å². The maximum Gasteiger partial charge on any atom is 0.235 e. The number of rotatable bonds is 3. The summed E-state index contributed by atoms with van der Waals surface area (Å²) in [4.78, 5) is 16.0. The first-order valence-electron chi connectivity index (χ1n) is 5.89. The number of carbonyl (C=O) groups is 1. The van der Waals surface area contributed by atoms with Crippen LogP contribution in [0.25, 0.3) is 0 Å². The third-order valence-electron chi connectivity index (χ3n) is 2.92. The highest BCUT2D eigenvalue weighted by Crippen LogP contribution is 2.39. The summed E-state index contributed by atoms with van der Waals surface area (Å²) in [5.41, 5.74) is 0.516. The standard InChI is InChI=1S/C14H15ClNO2/c1-4-12(17)10-7-5-6-8-11(10)13(2)9-16-14(3,15)18-13/h5-8H,4H2,1-3H3. The van der Waals surface area contributed by atoms with E-state index in [9.17, 15) is 4.79 Å². The Hall–Kier alpha value is -1.19. The number of alkyl halides is 1. The zero-order valence-corrected chi connectivity index (χ0v) is 11.4. The number of hydrogen-bond donors (Lipinski definition) is 0. The molecule has 2 atom stereocenters. The molecule has 18 heavy (non-hydrogen) atoms. The van der Waals surface area contributed by atoms with Gasteiger partial charge in [-0.05, 0) is 6.92 Å². The average Bonchev–Trinajstić information content (AvgIpc) is 2.64. The monoisotopic (exact) mass is 264 g/mol. The van der Waals surface area contributed by atoms with Crippen LogP contribution < -0.4 is 0 Å². The Morgan fingerprint density at radius 1 is 1.44 bits per heavy atom. The molecule has 1 aromatic rings. The highest BCUT2D eigenvalue weighted by atomic mass is 35.5. The van der Waals surface area contributed by atoms with Crippen LogP contribution in [-0.2, 0) is 10.3 Å². The van der Waals surface area contributed by atoms with E-state index < -0.39 is 10.8 Å². The van der Waals surface area contributed by atoms with Gasteiger partial charge in [-0.15, -0.1) is 0 Å². The lowest BCUT2D eigenvalue weighted by Crippen LogP contribution is -2.30. The topological polar surface area (TPSA) is 38.7 Å². The number of hydrogen-bond acceptors (Lipinski definition) is 3. The zero-order valence-electron chi connectivity index (χ0n) is 10.7. The van der Waals surface area contributed by atoms with Crippen molar-refractivity contribution in [2.75, 3.05) is 0 Å². The average molecular weight is 265 g/mol. The Morgan fingerprint density at radius 3 is 2.67 bits per heavy atom. The van der Waals surface area contributed by atoms with E-state index in [1.807, 2.05) is 32.0 Å². The minimum atomic E-state index is -1.11. The van der Waals surface area contributed by atoms with E-state index in [0.29, 0.717) is 12.0 Å². The fourth-order valence-electron chi connectivity index (χ4n) is 2.07. The number of nitrogens with zero attached hydrogens (tertiary/aromatic N) is 1. The lowest BCUT2D eigenvalue weighted by molar-refractivity contribution is -0.0317. The Kier molecular flexibility index (Phi) is 3.30. The minimum absolute atomic E-state index is 0.0698. The summed E-state index contributed by atoms with van der Waals surface area (Å²) >= 11 is 6.03. The molecule has 0 saturated carbocycles. The molecular formula is C14H15ClNO2. The molecule has 0 amide bonds. The van der Waals surface area contributed by atoms with E-state index >= 15 is 0 Å². The minimum Gasteiger partial charge on any atom is -0.323 e. The van der Waals surface area contributed by atoms with Gasteiger partial charge in [0.05, 0.1) is 0 Å². The molecule has 4 heteroatoms. The van der Waals surface area contributed by atoms with Gasteiger partial charge in [0.25, 0.3) is 0 Å². The van der Waals surface area contributed by atoms with Crippen molar-refractivity contribution in [1.29, 1.82) is 0 Å². The quantitative estimate of drug-likeness (QED) is 0.477. The van der Waals surface area contributed by atoms with E-state index in [1.54, 1.807) is 13.0 Å². The zero-order chi connectivity index (χ0) is 13.4. The predicted octanol–water partition coefficient (Wildman–Crippen LogP) is 3.39. The second-order valence-electron chi connectivity index (χ2n) is 4.55. The molecule has 2 unspecified atom stereocenters. The Balaban J connectivity index is 2.47. The van der Waals surface area contributed by atoms with E-state index in [1.165, 1.54) is 0 Å². The molecule has 95 valence electrons. The van der Waals surface area contributed by atoms with Crippen LogP contribution in [0.5, 0.6) is 0 Å². The van der Waals surface area contributed by atoms with Crippen LogP contribution in [0.15, 0.2) is 29.3 Å². The maximum absolute atomic E-state index is 11.9. The molecule has 1 aliphatic rings. The number of ether oxygens (including phenoxy) is 1. The van der Waals surface area contributed by atoms with E-state index in [4.69, 9.17) is 16.3 Å². The first-order chi connectivity index (χ1) is 8.38. The summed E-state index contributed by atoms with van der Waals surface area (Å²) in [5.74, 6) is 0.0698. The summed E-state index contributed by atoms with van der Waals surface area (Å²) < 4.78 is 5.69. The van der Waals surface area contributed by atoms with Crippen molar-refractivity contribution >= 4 is 23.6 Å². The molecule has 0 fully saturated rings. The summed E-state index contributed by atoms with van der Waals surface area (Å²) in [6.07, 6.45) is 3.32. The van der Waals surface area contributed by atoms with Gasteiger partial charge >= 0.3 is 0 Å². The van der Waals surface area contributed by atoms with Gasteiger partial charge in [-0.2, -0.15) is 0 Å². The van der Waals surface area contributed by atoms with Crippen LogP contribution in [-0.4, -0.2) is 17.2 Å². The largest absolute Gasteiger partial charge is 0.323 e. The molecule has 0 N–H and O–H groups in total. The van der Waals surface area contributed by atoms with Crippen molar-refractivity contribution in [2.45, 2.75) is 38.0 Å². The lowest BCUT2D eigenvalue weighted by atomic mass is 9.90. The fraction of sp³-hybridized carbons (Fsp3) is 0.429. The molecule has 0 saturated heterocycles. The van der Waals surface area contributed by atoms with Gasteiger partial charge in [-0.25, -0.2) is 4.99 Å². The van der Waals surface area contributed by atoms with Crippen molar-refractivity contribution < 1.29 is 9.53 Å². The van der Waals surface area contributed by atoms with Gasteiger partial charge in [-0.3, -0.25) is 4.79 Å². The predicted molar refractivity (Wildman–Crippen MR) is 71.2 cm³/mol. The second kappa shape index (κ2) is 4.48. The summed E-state index contributed by atoms with van der Waals surface area (Å²) in [5, 5.41) is -1.11. The van der Waals surface area contributed by atoms with Crippen molar-refractivity contribution in [2.24, 2.45) is 4.99 Å². The molecule has 0 spiro atoms. The first kappa shape index (κ1) is 13.2. The van der Waals surface area contributed by atoms with Crippen LogP contribution in [0.4, 0.5) is 0 Å². The number of Topliss-reactive ketones (excluding diaryl/α,β-unsaturated/α-hetero) is 1. The molecule has 1 heterocycles. The van der Waals surface area contributed by atoms with Crippen LogP contribution in [0.2, 0.25) is 0 Å². The van der Waals surface area contributed by atoms with Crippen molar-refractivity contribution in [3.8, 4) is 0 Å². The van der Waals surface area contributed by atoms with Gasteiger partial charge in [0.1, 0.15) is 11.8 Å². The van der Waals surface area contributed by atoms with E-state index in [0.717, 1.165) is 5.56 Å². The first-order valence-corrected chi connectivity index (χ1v) is 6.26. The van der Waals surface area contributed by atoms with Crippen LogP contribution in [0.1, 0.15) is 43.1 Å². The Bertz CT molecular complexity index is 510. The lowest BCUT2D eigenvalue weighted by Gasteiger charge is -2.26. The van der Waals surface area contributed by atoms with Crippen LogP contribution >= 0.6 is 11.6 Å². The highest BCUT2D eigenvalue weighted by molar-refractivity contribution is 6.23. The molecule has 0 bridgehead atoms. The number of halogens is 1. The van der Waals surface area contributed by atoms with Gasteiger partial charge in [0.2, 0.25) is 5.18 Å². The molecule has 2 rings (SSSR count). The third kappa shape index (κ3) is 2.33. The Labute approximate surface area is 112 Å². The maximum atomic E-state index is 11.9. The number of benzene rings is 1. The van der Waals surface area contributed by atoms with E-state index in [-0.39, 0.29) is 5.78 Å². The number of carbonyl (C=O) groups excluding carboxylic acids is 1. The summed E-state index contributed by atoms with van der Waals surface area (Å²) in [6, 6.07) is 7.34. The number of aliphatic imine (C=N–C) groups is 1. The molecule has 1 aliphatic heterocycles. The number of ketones is 1. The SMILES string of the molecule is CCC(=O)c1ccccc1C1(C)[C]=NC(C)(Cl)O1. The van der Waals surface area contributed by atoms with Crippen molar-refractivity contribution in [3.05, 3.63) is 35.4 Å². The van der Waals surface area contributed by atoms with Crippen molar-refractivity contribution in [1.82, 2.24) is 0 Å². The molecule has 0 aromatic heterocycles. The molecular weight excluding hydrogens is 250 g/mol. The van der Waals surface area contributed by atoms with Gasteiger partial charge in [-0.1, -0.05) is 42.8 Å². The highest BCUT2D eigenvalue weighted by Gasteiger charge is 2.42. The van der Waals surface area contributed by atoms with Gasteiger partial charge < -0.3 is 4.74 Å². The van der Waals surface area contributed by atoms with Crippen LogP contribution in [0, 0.1) is 0 Å². The summed E-state index contributed by atoms with van der Waals surface area (Å²) in [7, 11) is 0. The molecule has 1 aromatic carbocycles. The smallest absolute Gasteiger partial charge is 0.235 e. The van der Waals surface area contributed by atoms with E-state index in [2.05, 4.69) is 11.2 Å². The van der Waals surface area contributed by atoms with Crippen molar-refractivity contribution in [3.63, 3.8) is 0 Å². The molecule has 1 radical (unpaired) electrons. The van der Waals surface area contributed by atoms with Gasteiger partial charge in [0, 0.05) is 24.5 Å². The van der Waals surface area contributed by atoms with Gasteiger partial charge in [0.15, 0.2) is 5.78 Å².